The largest absolute Gasteiger partial charge is 0.351 e. The number of unbranched alkanes of at least 4 members (excludes halogenated alkanes) is 1. The van der Waals surface area contributed by atoms with E-state index in [0.29, 0.717) is 6.54 Å². The molecule has 0 bridgehead atoms. The molecule has 0 aromatic heterocycles. The van der Waals surface area contributed by atoms with E-state index in [0.717, 1.165) is 32.1 Å². The molecule has 0 saturated heterocycles. The van der Waals surface area contributed by atoms with E-state index in [1.807, 2.05) is 6.92 Å². The van der Waals surface area contributed by atoms with Crippen molar-refractivity contribution in [2.45, 2.75) is 58.0 Å². The van der Waals surface area contributed by atoms with Crippen LogP contribution in [0.15, 0.2) is 0 Å². The molecule has 1 amide bonds. The highest BCUT2D eigenvalue weighted by Crippen LogP contribution is 2.00. The van der Waals surface area contributed by atoms with Crippen molar-refractivity contribution in [1.29, 1.82) is 0 Å². The van der Waals surface area contributed by atoms with Crippen molar-refractivity contribution >= 4 is 5.91 Å². The molecule has 0 aliphatic carbocycles. The minimum absolute atomic E-state index is 0.0663. The lowest BCUT2D eigenvalue weighted by atomic mass is 10.1. The van der Waals surface area contributed by atoms with Crippen molar-refractivity contribution in [3.05, 3.63) is 0 Å². The number of rotatable bonds is 8. The topological polar surface area (TPSA) is 81.1 Å². The summed E-state index contributed by atoms with van der Waals surface area (Å²) in [5.74, 6) is -0.0663. The molecule has 0 fully saturated rings. The Balaban J connectivity index is 3.88. The van der Waals surface area contributed by atoms with E-state index in [9.17, 15) is 4.79 Å². The molecule has 90 valence electrons. The van der Waals surface area contributed by atoms with Crippen LogP contribution in [-0.4, -0.2) is 24.5 Å². The van der Waals surface area contributed by atoms with Crippen molar-refractivity contribution in [1.82, 2.24) is 5.32 Å². The first-order valence-corrected chi connectivity index (χ1v) is 5.91. The van der Waals surface area contributed by atoms with E-state index in [-0.39, 0.29) is 18.0 Å². The number of hydrogen-bond acceptors (Lipinski definition) is 3. The molecule has 2 atom stereocenters. The number of carbonyl (C=O) groups excluding carboxylic acids is 1. The molecule has 2 unspecified atom stereocenters. The molecule has 4 nitrogen and oxygen atoms in total. The Bertz CT molecular complexity index is 173. The van der Waals surface area contributed by atoms with E-state index in [2.05, 4.69) is 12.2 Å². The van der Waals surface area contributed by atoms with Gasteiger partial charge >= 0.3 is 0 Å². The summed E-state index contributed by atoms with van der Waals surface area (Å²) in [4.78, 5) is 11.6. The van der Waals surface area contributed by atoms with E-state index >= 15 is 0 Å². The second-order valence-electron chi connectivity index (χ2n) is 3.98. The molecule has 0 aliphatic rings. The maximum atomic E-state index is 11.6. The predicted molar refractivity (Wildman–Crippen MR) is 63.4 cm³/mol. The summed E-state index contributed by atoms with van der Waals surface area (Å²) < 4.78 is 0. The van der Waals surface area contributed by atoms with Gasteiger partial charge in [0.2, 0.25) is 5.91 Å². The van der Waals surface area contributed by atoms with Crippen molar-refractivity contribution < 1.29 is 4.79 Å². The average Bonchev–Trinajstić information content (AvgIpc) is 2.24. The van der Waals surface area contributed by atoms with Gasteiger partial charge in [-0.25, -0.2) is 0 Å². The van der Waals surface area contributed by atoms with Crippen LogP contribution < -0.4 is 16.8 Å². The summed E-state index contributed by atoms with van der Waals surface area (Å²) in [6.07, 6.45) is 4.81. The first-order chi connectivity index (χ1) is 7.15. The van der Waals surface area contributed by atoms with Crippen LogP contribution in [0.2, 0.25) is 0 Å². The van der Waals surface area contributed by atoms with Gasteiger partial charge in [0.25, 0.3) is 0 Å². The Kier molecular flexibility index (Phi) is 8.33. The van der Waals surface area contributed by atoms with Gasteiger partial charge < -0.3 is 16.8 Å². The average molecular weight is 215 g/mol. The summed E-state index contributed by atoms with van der Waals surface area (Å²) in [6.45, 7) is 4.63. The van der Waals surface area contributed by atoms with Crippen molar-refractivity contribution in [3.63, 3.8) is 0 Å². The third-order valence-electron chi connectivity index (χ3n) is 2.47. The summed E-state index contributed by atoms with van der Waals surface area (Å²) in [5.41, 5.74) is 11.3. The normalized spacial score (nSPS) is 14.7. The monoisotopic (exact) mass is 215 g/mol. The molecule has 0 radical (unpaired) electrons. The Morgan fingerprint density at radius 1 is 1.27 bits per heavy atom. The minimum atomic E-state index is -0.384. The van der Waals surface area contributed by atoms with E-state index < -0.39 is 0 Å². The highest BCUT2D eigenvalue weighted by molar-refractivity contribution is 5.81. The predicted octanol–water partition coefficient (Wildman–Crippen LogP) is 0.748. The quantitative estimate of drug-likeness (QED) is 0.559. The van der Waals surface area contributed by atoms with Crippen LogP contribution in [-0.2, 0) is 4.79 Å². The van der Waals surface area contributed by atoms with Crippen LogP contribution in [0, 0.1) is 0 Å². The lowest BCUT2D eigenvalue weighted by Crippen LogP contribution is -2.47. The first-order valence-electron chi connectivity index (χ1n) is 5.91. The summed E-state index contributed by atoms with van der Waals surface area (Å²) in [7, 11) is 0. The number of hydrogen-bond donors (Lipinski definition) is 3. The van der Waals surface area contributed by atoms with E-state index in [1.165, 1.54) is 0 Å². The number of nitrogens with one attached hydrogen (secondary N) is 1. The molecule has 0 rings (SSSR count). The van der Waals surface area contributed by atoms with Gasteiger partial charge in [0.05, 0.1) is 6.04 Å². The van der Waals surface area contributed by atoms with Gasteiger partial charge in [0.15, 0.2) is 0 Å². The molecule has 0 heterocycles. The minimum Gasteiger partial charge on any atom is -0.351 e. The second-order valence-corrected chi connectivity index (χ2v) is 3.98. The Labute approximate surface area is 92.8 Å². The molecule has 4 heteroatoms. The van der Waals surface area contributed by atoms with Crippen molar-refractivity contribution in [3.8, 4) is 0 Å². The third-order valence-corrected chi connectivity index (χ3v) is 2.47. The second kappa shape index (κ2) is 8.68. The van der Waals surface area contributed by atoms with Crippen LogP contribution >= 0.6 is 0 Å². The van der Waals surface area contributed by atoms with E-state index in [4.69, 9.17) is 11.5 Å². The lowest BCUT2D eigenvalue weighted by Gasteiger charge is -2.19. The maximum Gasteiger partial charge on any atom is 0.237 e. The molecule has 0 aromatic rings. The van der Waals surface area contributed by atoms with Crippen LogP contribution in [0.4, 0.5) is 0 Å². The molecule has 15 heavy (non-hydrogen) atoms. The Morgan fingerprint density at radius 3 is 2.40 bits per heavy atom. The Morgan fingerprint density at radius 2 is 1.93 bits per heavy atom. The van der Waals surface area contributed by atoms with Crippen LogP contribution in [0.1, 0.15) is 46.0 Å². The van der Waals surface area contributed by atoms with Gasteiger partial charge in [-0.2, -0.15) is 0 Å². The highest BCUT2D eigenvalue weighted by atomic mass is 16.2. The van der Waals surface area contributed by atoms with Gasteiger partial charge in [-0.1, -0.05) is 33.1 Å². The van der Waals surface area contributed by atoms with Crippen LogP contribution in [0.25, 0.3) is 0 Å². The van der Waals surface area contributed by atoms with Crippen molar-refractivity contribution in [2.75, 3.05) is 6.54 Å². The fraction of sp³-hybridized carbons (Fsp3) is 0.909. The zero-order valence-corrected chi connectivity index (χ0v) is 9.96. The number of amides is 1. The number of carbonyl (C=O) groups is 1. The third kappa shape index (κ3) is 6.47. The van der Waals surface area contributed by atoms with Crippen molar-refractivity contribution in [2.24, 2.45) is 11.5 Å². The Hall–Kier alpha value is -0.610. The van der Waals surface area contributed by atoms with Crippen LogP contribution in [0.5, 0.6) is 0 Å². The van der Waals surface area contributed by atoms with E-state index in [1.54, 1.807) is 0 Å². The smallest absolute Gasteiger partial charge is 0.237 e. The maximum absolute atomic E-state index is 11.6. The molecule has 5 N–H and O–H groups in total. The molecular weight excluding hydrogens is 190 g/mol. The van der Waals surface area contributed by atoms with Gasteiger partial charge in [0.1, 0.15) is 0 Å². The highest BCUT2D eigenvalue weighted by Gasteiger charge is 2.15. The molecule has 0 saturated carbocycles. The fourth-order valence-corrected chi connectivity index (χ4v) is 1.45. The van der Waals surface area contributed by atoms with Crippen LogP contribution in [0.3, 0.4) is 0 Å². The van der Waals surface area contributed by atoms with Gasteiger partial charge in [-0.15, -0.1) is 0 Å². The lowest BCUT2D eigenvalue weighted by molar-refractivity contribution is -0.123. The molecule has 0 aromatic carbocycles. The SMILES string of the molecule is CCCCC(CN)NC(=O)C(N)CCC. The molecule has 0 spiro atoms. The fourth-order valence-electron chi connectivity index (χ4n) is 1.45. The molecular formula is C11H25N3O. The zero-order chi connectivity index (χ0) is 11.7. The summed E-state index contributed by atoms with van der Waals surface area (Å²) in [5, 5.41) is 2.90. The van der Waals surface area contributed by atoms with Gasteiger partial charge in [-0.05, 0) is 12.8 Å². The summed E-state index contributed by atoms with van der Waals surface area (Å²) >= 11 is 0. The number of nitrogens with two attached hydrogens (primary N) is 2. The van der Waals surface area contributed by atoms with Gasteiger partial charge in [0, 0.05) is 12.6 Å². The summed E-state index contributed by atoms with van der Waals surface area (Å²) in [6, 6.07) is -0.300. The molecule has 0 aliphatic heterocycles. The standard InChI is InChI=1S/C11H25N3O/c1-3-5-7-9(8-12)14-11(15)10(13)6-4-2/h9-10H,3-8,12-13H2,1-2H3,(H,14,15). The zero-order valence-electron chi connectivity index (χ0n) is 9.96. The first kappa shape index (κ1) is 14.4. The van der Waals surface area contributed by atoms with Gasteiger partial charge in [-0.3, -0.25) is 4.79 Å².